The molecule has 1 heterocycles. The average molecular weight is 286 g/mol. The Bertz CT molecular complexity index is 431. The third-order valence-corrected chi connectivity index (χ3v) is 3.89. The Kier molecular flexibility index (Phi) is 4.70. The number of aryl methyl sites for hydroxylation is 2. The van der Waals surface area contributed by atoms with Gasteiger partial charge in [0.25, 0.3) is 0 Å². The van der Waals surface area contributed by atoms with Gasteiger partial charge < -0.3 is 5.32 Å². The smallest absolute Gasteiger partial charge is 0.314 e. The molecule has 1 saturated heterocycles. The number of nitrogens with one attached hydrogen (secondary N) is 1. The fraction of sp³-hybridized carbons (Fsp3) is 0.600. The Morgan fingerprint density at radius 1 is 1.15 bits per heavy atom. The molecule has 0 unspecified atom stereocenters. The summed E-state index contributed by atoms with van der Waals surface area (Å²) in [6, 6.07) is 5.12. The van der Waals surface area contributed by atoms with Gasteiger partial charge in [0.1, 0.15) is 0 Å². The van der Waals surface area contributed by atoms with Crippen LogP contribution in [0.2, 0.25) is 0 Å². The normalized spacial score (nSPS) is 19.1. The van der Waals surface area contributed by atoms with Crippen LogP contribution in [0.5, 0.6) is 0 Å². The monoisotopic (exact) mass is 286 g/mol. The molecule has 1 aliphatic rings. The molecule has 2 nitrogen and oxygen atoms in total. The Hall–Kier alpha value is -1.07. The summed E-state index contributed by atoms with van der Waals surface area (Å²) in [5.41, 5.74) is 2.72. The maximum absolute atomic E-state index is 13.0. The quantitative estimate of drug-likeness (QED) is 0.918. The number of piperazine rings is 1. The standard InChI is InChI=1S/C15H21F3N2/c1-11-4-3-5-12(2)14(11)13(10-15(16,17)18)20-8-6-19-7-9-20/h3-5,13,19H,6-10H2,1-2H3/t13-/m1/s1. The second-order valence-electron chi connectivity index (χ2n) is 5.43. The number of hydrogen-bond donors (Lipinski definition) is 1. The summed E-state index contributed by atoms with van der Waals surface area (Å²) in [7, 11) is 0. The molecule has 1 fully saturated rings. The van der Waals surface area contributed by atoms with Gasteiger partial charge in [0.15, 0.2) is 0 Å². The van der Waals surface area contributed by atoms with Crippen molar-refractivity contribution in [1.82, 2.24) is 10.2 Å². The van der Waals surface area contributed by atoms with Gasteiger partial charge in [0.05, 0.1) is 6.42 Å². The molecule has 5 heteroatoms. The van der Waals surface area contributed by atoms with Crippen molar-refractivity contribution in [2.45, 2.75) is 32.5 Å². The van der Waals surface area contributed by atoms with Gasteiger partial charge in [-0.1, -0.05) is 18.2 Å². The minimum Gasteiger partial charge on any atom is -0.314 e. The Labute approximate surface area is 118 Å². The highest BCUT2D eigenvalue weighted by molar-refractivity contribution is 5.36. The lowest BCUT2D eigenvalue weighted by molar-refractivity contribution is -0.148. The first-order chi connectivity index (χ1) is 9.38. The van der Waals surface area contributed by atoms with E-state index in [9.17, 15) is 13.2 Å². The van der Waals surface area contributed by atoms with Crippen LogP contribution in [0.25, 0.3) is 0 Å². The van der Waals surface area contributed by atoms with Crippen molar-refractivity contribution in [3.8, 4) is 0 Å². The van der Waals surface area contributed by atoms with E-state index in [0.29, 0.717) is 13.1 Å². The highest BCUT2D eigenvalue weighted by Gasteiger charge is 2.36. The topological polar surface area (TPSA) is 15.3 Å². The summed E-state index contributed by atoms with van der Waals surface area (Å²) in [6.45, 7) is 6.61. The van der Waals surface area contributed by atoms with E-state index in [-0.39, 0.29) is 0 Å². The summed E-state index contributed by atoms with van der Waals surface area (Å²) in [4.78, 5) is 1.96. The zero-order chi connectivity index (χ0) is 14.8. The number of alkyl halides is 3. The molecule has 0 radical (unpaired) electrons. The maximum Gasteiger partial charge on any atom is 0.390 e. The minimum absolute atomic E-state index is 0.571. The molecule has 20 heavy (non-hydrogen) atoms. The van der Waals surface area contributed by atoms with Crippen molar-refractivity contribution >= 4 is 0 Å². The average Bonchev–Trinajstić information content (AvgIpc) is 2.37. The molecule has 0 saturated carbocycles. The number of rotatable bonds is 3. The summed E-state index contributed by atoms with van der Waals surface area (Å²) >= 11 is 0. The molecular weight excluding hydrogens is 265 g/mol. The maximum atomic E-state index is 13.0. The fourth-order valence-electron chi connectivity index (χ4n) is 2.98. The van der Waals surface area contributed by atoms with Crippen molar-refractivity contribution in [2.24, 2.45) is 0 Å². The molecule has 0 spiro atoms. The molecule has 0 amide bonds. The van der Waals surface area contributed by atoms with Crippen LogP contribution < -0.4 is 5.32 Å². The predicted molar refractivity (Wildman–Crippen MR) is 73.8 cm³/mol. The van der Waals surface area contributed by atoms with Crippen LogP contribution in [0, 0.1) is 13.8 Å². The van der Waals surface area contributed by atoms with E-state index in [0.717, 1.165) is 29.8 Å². The fourth-order valence-corrected chi connectivity index (χ4v) is 2.98. The molecule has 112 valence electrons. The first-order valence-corrected chi connectivity index (χ1v) is 6.96. The van der Waals surface area contributed by atoms with E-state index in [4.69, 9.17) is 0 Å². The van der Waals surface area contributed by atoms with Crippen LogP contribution in [-0.4, -0.2) is 37.3 Å². The van der Waals surface area contributed by atoms with Gasteiger partial charge in [-0.15, -0.1) is 0 Å². The van der Waals surface area contributed by atoms with E-state index in [1.54, 1.807) is 0 Å². The van der Waals surface area contributed by atoms with Crippen molar-refractivity contribution in [1.29, 1.82) is 0 Å². The SMILES string of the molecule is Cc1cccc(C)c1[C@@H](CC(F)(F)F)N1CCNCC1. The van der Waals surface area contributed by atoms with Gasteiger partial charge in [-0.25, -0.2) is 0 Å². The molecule has 1 N–H and O–H groups in total. The van der Waals surface area contributed by atoms with E-state index < -0.39 is 18.6 Å². The zero-order valence-electron chi connectivity index (χ0n) is 11.9. The van der Waals surface area contributed by atoms with Gasteiger partial charge in [0.2, 0.25) is 0 Å². The molecule has 1 atom stereocenters. The highest BCUT2D eigenvalue weighted by Crippen LogP contribution is 2.36. The van der Waals surface area contributed by atoms with Crippen LogP contribution in [0.15, 0.2) is 18.2 Å². The van der Waals surface area contributed by atoms with Gasteiger partial charge in [-0.2, -0.15) is 13.2 Å². The molecule has 1 aromatic carbocycles. The lowest BCUT2D eigenvalue weighted by Gasteiger charge is -2.37. The van der Waals surface area contributed by atoms with Crippen molar-refractivity contribution in [2.75, 3.05) is 26.2 Å². The van der Waals surface area contributed by atoms with Gasteiger partial charge in [0, 0.05) is 32.2 Å². The predicted octanol–water partition coefficient (Wildman–Crippen LogP) is 3.20. The molecule has 0 aromatic heterocycles. The first-order valence-electron chi connectivity index (χ1n) is 6.96. The number of benzene rings is 1. The number of nitrogens with zero attached hydrogens (tertiary/aromatic N) is 1. The van der Waals surface area contributed by atoms with E-state index in [2.05, 4.69) is 5.32 Å². The Morgan fingerprint density at radius 3 is 2.20 bits per heavy atom. The number of hydrogen-bond acceptors (Lipinski definition) is 2. The van der Waals surface area contributed by atoms with Crippen LogP contribution >= 0.6 is 0 Å². The molecule has 0 bridgehead atoms. The summed E-state index contributed by atoms with van der Waals surface area (Å²) in [6.07, 6.45) is -4.93. The van der Waals surface area contributed by atoms with E-state index in [1.165, 1.54) is 0 Å². The lowest BCUT2D eigenvalue weighted by Crippen LogP contribution is -2.46. The highest BCUT2D eigenvalue weighted by atomic mass is 19.4. The summed E-state index contributed by atoms with van der Waals surface area (Å²) in [5, 5.41) is 3.19. The molecule has 2 rings (SSSR count). The van der Waals surface area contributed by atoms with Crippen molar-refractivity contribution in [3.05, 3.63) is 34.9 Å². The molecule has 1 aliphatic heterocycles. The molecule has 0 aliphatic carbocycles. The Morgan fingerprint density at radius 2 is 1.70 bits per heavy atom. The van der Waals surface area contributed by atoms with Gasteiger partial charge in [-0.05, 0) is 30.5 Å². The second-order valence-corrected chi connectivity index (χ2v) is 5.43. The van der Waals surface area contributed by atoms with E-state index >= 15 is 0 Å². The third kappa shape index (κ3) is 3.73. The first kappa shape index (κ1) is 15.3. The number of halogens is 3. The third-order valence-electron chi connectivity index (χ3n) is 3.89. The van der Waals surface area contributed by atoms with Crippen LogP contribution in [0.4, 0.5) is 13.2 Å². The minimum atomic E-state index is -4.15. The van der Waals surface area contributed by atoms with Gasteiger partial charge in [-0.3, -0.25) is 4.90 Å². The van der Waals surface area contributed by atoms with Crippen LogP contribution in [0.1, 0.15) is 29.2 Å². The van der Waals surface area contributed by atoms with Crippen LogP contribution in [-0.2, 0) is 0 Å². The zero-order valence-corrected chi connectivity index (χ0v) is 11.9. The van der Waals surface area contributed by atoms with E-state index in [1.807, 2.05) is 36.9 Å². The van der Waals surface area contributed by atoms with Crippen molar-refractivity contribution < 1.29 is 13.2 Å². The lowest BCUT2D eigenvalue weighted by atomic mass is 9.92. The summed E-state index contributed by atoms with van der Waals surface area (Å²) < 4.78 is 38.9. The molecule has 1 aromatic rings. The largest absolute Gasteiger partial charge is 0.390 e. The second kappa shape index (κ2) is 6.14. The Balaban J connectivity index is 2.34. The van der Waals surface area contributed by atoms with Crippen LogP contribution in [0.3, 0.4) is 0 Å². The molecular formula is C15H21F3N2. The van der Waals surface area contributed by atoms with Crippen molar-refractivity contribution in [3.63, 3.8) is 0 Å². The summed E-state index contributed by atoms with van der Waals surface area (Å²) in [5.74, 6) is 0. The van der Waals surface area contributed by atoms with Gasteiger partial charge >= 0.3 is 6.18 Å².